The Morgan fingerprint density at radius 1 is 0.947 bits per heavy atom. The lowest BCUT2D eigenvalue weighted by Crippen LogP contribution is -2.08. The van der Waals surface area contributed by atoms with Gasteiger partial charge in [0.25, 0.3) is 0 Å². The van der Waals surface area contributed by atoms with Crippen LogP contribution in [-0.2, 0) is 0 Å². The molecule has 0 radical (unpaired) electrons. The monoisotopic (exact) mass is 324 g/mol. The third kappa shape index (κ3) is 2.45. The van der Waals surface area contributed by atoms with Crippen LogP contribution in [0.1, 0.15) is 27.0 Å². The standard InChI is InChI=1S/C15H11BrF2O/c1-8-4-3-5-10(12(8)16)15(19)11-7-6-9(2)13(17)14(11)18/h3-7H,1-2H3. The number of hydrogen-bond acceptors (Lipinski definition) is 1. The number of halogens is 3. The molecule has 4 heteroatoms. The Bertz CT molecular complexity index is 665. The Kier molecular flexibility index (Phi) is 3.80. The van der Waals surface area contributed by atoms with Gasteiger partial charge >= 0.3 is 0 Å². The summed E-state index contributed by atoms with van der Waals surface area (Å²) in [5.41, 5.74) is 1.10. The fraction of sp³-hybridized carbons (Fsp3) is 0.133. The molecule has 0 aliphatic carbocycles. The summed E-state index contributed by atoms with van der Waals surface area (Å²) >= 11 is 3.30. The van der Waals surface area contributed by atoms with E-state index in [0.29, 0.717) is 10.0 Å². The van der Waals surface area contributed by atoms with Crippen LogP contribution in [-0.4, -0.2) is 5.78 Å². The van der Waals surface area contributed by atoms with E-state index in [1.54, 1.807) is 12.1 Å². The molecule has 0 N–H and O–H groups in total. The van der Waals surface area contributed by atoms with Crippen molar-refractivity contribution >= 4 is 21.7 Å². The lowest BCUT2D eigenvalue weighted by Gasteiger charge is -2.08. The quantitative estimate of drug-likeness (QED) is 0.739. The molecule has 0 spiro atoms. The summed E-state index contributed by atoms with van der Waals surface area (Å²) < 4.78 is 27.9. The number of carbonyl (C=O) groups is 1. The van der Waals surface area contributed by atoms with Crippen molar-refractivity contribution in [3.8, 4) is 0 Å². The van der Waals surface area contributed by atoms with Gasteiger partial charge in [-0.05, 0) is 53.0 Å². The van der Waals surface area contributed by atoms with Crippen LogP contribution in [0.2, 0.25) is 0 Å². The molecular weight excluding hydrogens is 314 g/mol. The first kappa shape index (κ1) is 13.9. The molecule has 0 bridgehead atoms. The summed E-state index contributed by atoms with van der Waals surface area (Å²) in [5.74, 6) is -2.61. The summed E-state index contributed by atoms with van der Waals surface area (Å²) in [5, 5.41) is 0. The minimum absolute atomic E-state index is 0.178. The largest absolute Gasteiger partial charge is 0.288 e. The molecule has 0 saturated heterocycles. The minimum atomic E-state index is -1.10. The van der Waals surface area contributed by atoms with Gasteiger partial charge in [0.05, 0.1) is 5.56 Å². The van der Waals surface area contributed by atoms with Gasteiger partial charge in [0, 0.05) is 10.0 Å². The van der Waals surface area contributed by atoms with Gasteiger partial charge in [-0.25, -0.2) is 8.78 Å². The number of ketones is 1. The normalized spacial score (nSPS) is 10.6. The van der Waals surface area contributed by atoms with Crippen LogP contribution in [0.15, 0.2) is 34.8 Å². The summed E-state index contributed by atoms with van der Waals surface area (Å²) in [4.78, 5) is 12.3. The van der Waals surface area contributed by atoms with E-state index in [9.17, 15) is 13.6 Å². The first-order valence-corrected chi connectivity index (χ1v) is 6.47. The molecule has 0 fully saturated rings. The SMILES string of the molecule is Cc1ccc(C(=O)c2cccc(C)c2Br)c(F)c1F. The predicted octanol–water partition coefficient (Wildman–Crippen LogP) is 4.58. The number of hydrogen-bond donors (Lipinski definition) is 0. The second kappa shape index (κ2) is 5.21. The molecule has 0 amide bonds. The summed E-state index contributed by atoms with van der Waals surface area (Å²) in [6.07, 6.45) is 0. The zero-order valence-corrected chi connectivity index (χ0v) is 12.0. The summed E-state index contributed by atoms with van der Waals surface area (Å²) in [6, 6.07) is 7.82. The van der Waals surface area contributed by atoms with Crippen molar-refractivity contribution in [2.45, 2.75) is 13.8 Å². The van der Waals surface area contributed by atoms with Crippen molar-refractivity contribution in [1.82, 2.24) is 0 Å². The topological polar surface area (TPSA) is 17.1 Å². The molecule has 2 rings (SSSR count). The Hall–Kier alpha value is -1.55. The second-order valence-electron chi connectivity index (χ2n) is 4.32. The van der Waals surface area contributed by atoms with E-state index in [4.69, 9.17) is 0 Å². The third-order valence-electron chi connectivity index (χ3n) is 2.96. The van der Waals surface area contributed by atoms with Crippen LogP contribution in [0.4, 0.5) is 8.78 Å². The van der Waals surface area contributed by atoms with Gasteiger partial charge in [-0.15, -0.1) is 0 Å². The molecule has 2 aromatic carbocycles. The number of carbonyl (C=O) groups excluding carboxylic acids is 1. The molecular formula is C15H11BrF2O. The Balaban J connectivity index is 2.57. The molecule has 0 atom stereocenters. The van der Waals surface area contributed by atoms with E-state index in [0.717, 1.165) is 5.56 Å². The summed E-state index contributed by atoms with van der Waals surface area (Å²) in [7, 11) is 0. The van der Waals surface area contributed by atoms with Gasteiger partial charge in [0.1, 0.15) is 0 Å². The van der Waals surface area contributed by atoms with Crippen molar-refractivity contribution in [2.24, 2.45) is 0 Å². The average Bonchev–Trinajstić information content (AvgIpc) is 2.39. The van der Waals surface area contributed by atoms with Gasteiger partial charge in [0.2, 0.25) is 0 Å². The number of aryl methyl sites for hydroxylation is 2. The van der Waals surface area contributed by atoms with Crippen LogP contribution < -0.4 is 0 Å². The number of benzene rings is 2. The third-order valence-corrected chi connectivity index (χ3v) is 4.01. The molecule has 19 heavy (non-hydrogen) atoms. The van der Waals surface area contributed by atoms with Gasteiger partial charge in [-0.2, -0.15) is 0 Å². The predicted molar refractivity (Wildman–Crippen MR) is 73.4 cm³/mol. The van der Waals surface area contributed by atoms with Crippen molar-refractivity contribution in [2.75, 3.05) is 0 Å². The van der Waals surface area contributed by atoms with Crippen molar-refractivity contribution in [3.05, 3.63) is 68.7 Å². The van der Waals surface area contributed by atoms with Crippen LogP contribution >= 0.6 is 15.9 Å². The molecule has 98 valence electrons. The van der Waals surface area contributed by atoms with E-state index in [1.165, 1.54) is 19.1 Å². The Morgan fingerprint density at radius 3 is 2.32 bits per heavy atom. The first-order chi connectivity index (χ1) is 8.93. The highest BCUT2D eigenvalue weighted by atomic mass is 79.9. The fourth-order valence-electron chi connectivity index (χ4n) is 1.79. The maximum absolute atomic E-state index is 13.8. The highest BCUT2D eigenvalue weighted by molar-refractivity contribution is 9.10. The zero-order chi connectivity index (χ0) is 14.2. The Labute approximate surface area is 118 Å². The molecule has 1 nitrogen and oxygen atoms in total. The van der Waals surface area contributed by atoms with E-state index in [-0.39, 0.29) is 11.1 Å². The lowest BCUT2D eigenvalue weighted by atomic mass is 10.00. The van der Waals surface area contributed by atoms with Crippen molar-refractivity contribution in [1.29, 1.82) is 0 Å². The van der Waals surface area contributed by atoms with E-state index < -0.39 is 17.4 Å². The van der Waals surface area contributed by atoms with E-state index in [1.807, 2.05) is 13.0 Å². The van der Waals surface area contributed by atoms with Crippen molar-refractivity contribution < 1.29 is 13.6 Å². The second-order valence-corrected chi connectivity index (χ2v) is 5.12. The average molecular weight is 325 g/mol. The van der Waals surface area contributed by atoms with Gasteiger partial charge < -0.3 is 0 Å². The number of rotatable bonds is 2. The van der Waals surface area contributed by atoms with Gasteiger partial charge in [-0.1, -0.05) is 18.2 Å². The zero-order valence-electron chi connectivity index (χ0n) is 10.4. The van der Waals surface area contributed by atoms with Gasteiger partial charge in [0.15, 0.2) is 17.4 Å². The molecule has 0 heterocycles. The minimum Gasteiger partial charge on any atom is -0.288 e. The first-order valence-electron chi connectivity index (χ1n) is 5.68. The van der Waals surface area contributed by atoms with Crippen LogP contribution in [0.25, 0.3) is 0 Å². The fourth-order valence-corrected chi connectivity index (χ4v) is 2.23. The highest BCUT2D eigenvalue weighted by Gasteiger charge is 2.20. The molecule has 0 unspecified atom stereocenters. The maximum atomic E-state index is 13.8. The molecule has 0 aliphatic heterocycles. The molecule has 0 saturated carbocycles. The highest BCUT2D eigenvalue weighted by Crippen LogP contribution is 2.25. The lowest BCUT2D eigenvalue weighted by molar-refractivity contribution is 0.103. The Morgan fingerprint density at radius 2 is 1.63 bits per heavy atom. The van der Waals surface area contributed by atoms with Crippen LogP contribution in [0.3, 0.4) is 0 Å². The smallest absolute Gasteiger partial charge is 0.197 e. The maximum Gasteiger partial charge on any atom is 0.197 e. The van der Waals surface area contributed by atoms with E-state index >= 15 is 0 Å². The van der Waals surface area contributed by atoms with Gasteiger partial charge in [-0.3, -0.25) is 4.79 Å². The van der Waals surface area contributed by atoms with Crippen LogP contribution in [0.5, 0.6) is 0 Å². The molecule has 0 aromatic heterocycles. The summed E-state index contributed by atoms with van der Waals surface area (Å²) in [6.45, 7) is 3.28. The van der Waals surface area contributed by atoms with Crippen LogP contribution in [0, 0.1) is 25.5 Å². The molecule has 0 aliphatic rings. The molecule has 2 aromatic rings. The van der Waals surface area contributed by atoms with E-state index in [2.05, 4.69) is 15.9 Å². The van der Waals surface area contributed by atoms with Crippen molar-refractivity contribution in [3.63, 3.8) is 0 Å².